The number of nitrogens with zero attached hydrogens (tertiary/aromatic N) is 5. The van der Waals surface area contributed by atoms with Gasteiger partial charge in [0.15, 0.2) is 0 Å². The molecule has 0 N–H and O–H groups in total. The topological polar surface area (TPSA) is 63.9 Å². The smallest absolute Gasteiger partial charge is 0.227 e. The van der Waals surface area contributed by atoms with Crippen molar-refractivity contribution in [3.63, 3.8) is 0 Å². The van der Waals surface area contributed by atoms with Gasteiger partial charge in [0.05, 0.1) is 11.4 Å². The minimum atomic E-state index is 0.0891. The summed E-state index contributed by atoms with van der Waals surface area (Å²) in [4.78, 5) is 13.8. The minimum Gasteiger partial charge on any atom is -0.310 e. The third-order valence-electron chi connectivity index (χ3n) is 3.19. The number of hydrogen-bond acceptors (Lipinski definition) is 4. The first kappa shape index (κ1) is 12.1. The molecule has 1 aromatic heterocycles. The third kappa shape index (κ3) is 2.19. The van der Waals surface area contributed by atoms with Gasteiger partial charge in [0.25, 0.3) is 0 Å². The maximum absolute atomic E-state index is 12.1. The van der Waals surface area contributed by atoms with E-state index >= 15 is 0 Å². The van der Waals surface area contributed by atoms with E-state index in [9.17, 15) is 4.79 Å². The van der Waals surface area contributed by atoms with Crippen LogP contribution in [0, 0.1) is 5.92 Å². The molecule has 1 fully saturated rings. The zero-order valence-corrected chi connectivity index (χ0v) is 10.9. The van der Waals surface area contributed by atoms with E-state index in [1.54, 1.807) is 9.58 Å². The summed E-state index contributed by atoms with van der Waals surface area (Å²) in [5.74, 6) is 0.789. The Balaban J connectivity index is 2.00. The van der Waals surface area contributed by atoms with Crippen molar-refractivity contribution in [2.75, 3.05) is 17.3 Å². The van der Waals surface area contributed by atoms with Crippen LogP contribution in [0.5, 0.6) is 0 Å². The number of para-hydroxylation sites is 2. The first-order chi connectivity index (χ1) is 9.29. The molecule has 0 bridgehead atoms. The average Bonchev–Trinajstić information content (AvgIpc) is 3.08. The summed E-state index contributed by atoms with van der Waals surface area (Å²) >= 11 is 5.85. The number of benzene rings is 1. The molecule has 19 heavy (non-hydrogen) atoms. The molecule has 1 unspecified atom stereocenters. The van der Waals surface area contributed by atoms with E-state index in [0.29, 0.717) is 18.8 Å². The standard InChI is InChI=1S/C12H12ClN5O/c13-6-9-5-12(19)17(7-9)10-3-1-2-4-11(10)18-8-14-15-16-18/h1-4,8-9H,5-7H2. The molecular formula is C12H12ClN5O. The number of anilines is 1. The summed E-state index contributed by atoms with van der Waals surface area (Å²) in [6, 6.07) is 7.56. The summed E-state index contributed by atoms with van der Waals surface area (Å²) in [6.07, 6.45) is 2.01. The number of alkyl halides is 1. The Bertz CT molecular complexity index is 586. The second-order valence-corrected chi connectivity index (χ2v) is 4.78. The fraction of sp³-hybridized carbons (Fsp3) is 0.333. The highest BCUT2D eigenvalue weighted by Gasteiger charge is 2.31. The summed E-state index contributed by atoms with van der Waals surface area (Å²) in [7, 11) is 0. The van der Waals surface area contributed by atoms with Crippen LogP contribution in [0.2, 0.25) is 0 Å². The molecule has 3 rings (SSSR count). The molecule has 98 valence electrons. The van der Waals surface area contributed by atoms with Gasteiger partial charge < -0.3 is 4.90 Å². The highest BCUT2D eigenvalue weighted by molar-refractivity contribution is 6.18. The van der Waals surface area contributed by atoms with Gasteiger partial charge in [-0.25, -0.2) is 0 Å². The van der Waals surface area contributed by atoms with Crippen LogP contribution in [0.1, 0.15) is 6.42 Å². The van der Waals surface area contributed by atoms with Crippen LogP contribution < -0.4 is 4.90 Å². The van der Waals surface area contributed by atoms with Crippen LogP contribution >= 0.6 is 11.6 Å². The van der Waals surface area contributed by atoms with E-state index in [2.05, 4.69) is 15.5 Å². The molecule has 1 aliphatic heterocycles. The van der Waals surface area contributed by atoms with Gasteiger partial charge in [0, 0.05) is 18.8 Å². The second-order valence-electron chi connectivity index (χ2n) is 4.47. The van der Waals surface area contributed by atoms with Gasteiger partial charge in [-0.3, -0.25) is 4.79 Å². The van der Waals surface area contributed by atoms with E-state index in [1.165, 1.54) is 6.33 Å². The summed E-state index contributed by atoms with van der Waals surface area (Å²) in [5.41, 5.74) is 1.60. The molecule has 0 aliphatic carbocycles. The summed E-state index contributed by atoms with van der Waals surface area (Å²) in [5, 5.41) is 11.1. The lowest BCUT2D eigenvalue weighted by atomic mass is 10.1. The van der Waals surface area contributed by atoms with Gasteiger partial charge >= 0.3 is 0 Å². The Kier molecular flexibility index (Phi) is 3.16. The van der Waals surface area contributed by atoms with E-state index < -0.39 is 0 Å². The monoisotopic (exact) mass is 277 g/mol. The van der Waals surface area contributed by atoms with Crippen LogP contribution in [-0.4, -0.2) is 38.5 Å². The number of carbonyl (C=O) groups excluding carboxylic acids is 1. The first-order valence-corrected chi connectivity index (χ1v) is 6.52. The van der Waals surface area contributed by atoms with Crippen LogP contribution in [0.15, 0.2) is 30.6 Å². The fourth-order valence-corrected chi connectivity index (χ4v) is 2.48. The lowest BCUT2D eigenvalue weighted by molar-refractivity contribution is -0.117. The highest BCUT2D eigenvalue weighted by atomic mass is 35.5. The van der Waals surface area contributed by atoms with Crippen molar-refractivity contribution >= 4 is 23.2 Å². The zero-order chi connectivity index (χ0) is 13.2. The molecule has 6 nitrogen and oxygen atoms in total. The average molecular weight is 278 g/mol. The third-order valence-corrected chi connectivity index (χ3v) is 3.63. The highest BCUT2D eigenvalue weighted by Crippen LogP contribution is 2.30. The van der Waals surface area contributed by atoms with E-state index in [-0.39, 0.29) is 11.8 Å². The molecule has 7 heteroatoms. The second kappa shape index (κ2) is 4.97. The molecule has 0 saturated carbocycles. The Hall–Kier alpha value is -1.95. The molecule has 1 amide bonds. The van der Waals surface area contributed by atoms with Crippen molar-refractivity contribution in [1.82, 2.24) is 20.2 Å². The van der Waals surface area contributed by atoms with Crippen molar-refractivity contribution in [3.05, 3.63) is 30.6 Å². The van der Waals surface area contributed by atoms with Gasteiger partial charge in [-0.1, -0.05) is 12.1 Å². The van der Waals surface area contributed by atoms with Gasteiger partial charge in [-0.05, 0) is 28.5 Å². The van der Waals surface area contributed by atoms with Crippen LogP contribution in [0.25, 0.3) is 5.69 Å². The molecular weight excluding hydrogens is 266 g/mol. The van der Waals surface area contributed by atoms with Gasteiger partial charge in [0.2, 0.25) is 5.91 Å². The van der Waals surface area contributed by atoms with Crippen LogP contribution in [-0.2, 0) is 4.79 Å². The van der Waals surface area contributed by atoms with Crippen molar-refractivity contribution < 1.29 is 4.79 Å². The Morgan fingerprint density at radius 3 is 2.74 bits per heavy atom. The Morgan fingerprint density at radius 2 is 2.11 bits per heavy atom. The van der Waals surface area contributed by atoms with E-state index in [1.807, 2.05) is 24.3 Å². The Morgan fingerprint density at radius 1 is 1.32 bits per heavy atom. The zero-order valence-electron chi connectivity index (χ0n) is 10.1. The van der Waals surface area contributed by atoms with Crippen molar-refractivity contribution in [2.45, 2.75) is 6.42 Å². The number of tetrazole rings is 1. The van der Waals surface area contributed by atoms with Crippen molar-refractivity contribution in [3.8, 4) is 5.69 Å². The first-order valence-electron chi connectivity index (χ1n) is 5.98. The largest absolute Gasteiger partial charge is 0.310 e. The number of rotatable bonds is 3. The number of amides is 1. The molecule has 2 aromatic rings. The molecule has 2 heterocycles. The van der Waals surface area contributed by atoms with Gasteiger partial charge in [-0.2, -0.15) is 4.68 Å². The van der Waals surface area contributed by atoms with Crippen LogP contribution in [0.3, 0.4) is 0 Å². The predicted octanol–water partition coefficient (Wildman–Crippen LogP) is 1.25. The molecule has 1 atom stereocenters. The van der Waals surface area contributed by atoms with Gasteiger partial charge in [-0.15, -0.1) is 16.7 Å². The fourth-order valence-electron chi connectivity index (χ4n) is 2.28. The molecule has 1 aromatic carbocycles. The van der Waals surface area contributed by atoms with E-state index in [4.69, 9.17) is 11.6 Å². The number of carbonyl (C=O) groups is 1. The van der Waals surface area contributed by atoms with Crippen molar-refractivity contribution in [2.24, 2.45) is 5.92 Å². The number of hydrogen-bond donors (Lipinski definition) is 0. The minimum absolute atomic E-state index is 0.0891. The molecule has 0 spiro atoms. The van der Waals surface area contributed by atoms with Gasteiger partial charge in [0.1, 0.15) is 6.33 Å². The number of aromatic nitrogens is 4. The Labute approximate surface area is 115 Å². The predicted molar refractivity (Wildman–Crippen MR) is 70.3 cm³/mol. The quantitative estimate of drug-likeness (QED) is 0.792. The normalized spacial score (nSPS) is 19.1. The lowest BCUT2D eigenvalue weighted by Gasteiger charge is -2.19. The number of halogens is 1. The maximum atomic E-state index is 12.1. The summed E-state index contributed by atoms with van der Waals surface area (Å²) < 4.78 is 1.55. The SMILES string of the molecule is O=C1CC(CCl)CN1c1ccccc1-n1cnnn1. The van der Waals surface area contributed by atoms with Crippen molar-refractivity contribution in [1.29, 1.82) is 0 Å². The maximum Gasteiger partial charge on any atom is 0.227 e. The van der Waals surface area contributed by atoms with Crippen LogP contribution in [0.4, 0.5) is 5.69 Å². The van der Waals surface area contributed by atoms with E-state index in [0.717, 1.165) is 11.4 Å². The molecule has 1 saturated heterocycles. The lowest BCUT2D eigenvalue weighted by Crippen LogP contribution is -2.26. The molecule has 0 radical (unpaired) electrons. The molecule has 1 aliphatic rings. The summed E-state index contributed by atoms with van der Waals surface area (Å²) in [6.45, 7) is 0.640.